The molecule has 0 radical (unpaired) electrons. The molecule has 1 aliphatic rings. The number of carboxylic acids is 1. The van der Waals surface area contributed by atoms with Crippen molar-refractivity contribution in [2.45, 2.75) is 12.5 Å². The Kier molecular flexibility index (Phi) is 3.05. The van der Waals surface area contributed by atoms with E-state index in [0.29, 0.717) is 6.61 Å². The molecule has 0 saturated heterocycles. The molecule has 1 aromatic carbocycles. The van der Waals surface area contributed by atoms with Crippen LogP contribution in [0.5, 0.6) is 5.75 Å². The molecular formula is C11H12BrNO3. The summed E-state index contributed by atoms with van der Waals surface area (Å²) < 4.78 is 6.49. The van der Waals surface area contributed by atoms with E-state index in [0.717, 1.165) is 15.9 Å². The zero-order valence-electron chi connectivity index (χ0n) is 8.81. The van der Waals surface area contributed by atoms with Gasteiger partial charge in [0, 0.05) is 11.5 Å². The molecule has 4 nitrogen and oxygen atoms in total. The Balaban J connectivity index is 2.26. The average molecular weight is 286 g/mol. The molecule has 1 N–H and O–H groups in total. The first-order valence-corrected chi connectivity index (χ1v) is 5.74. The van der Waals surface area contributed by atoms with E-state index in [1.807, 2.05) is 30.1 Å². The number of likely N-dealkylation sites (N-methyl/N-ethyl adjacent to an activating group) is 1. The number of rotatable bonds is 2. The van der Waals surface area contributed by atoms with E-state index in [9.17, 15) is 4.79 Å². The Bertz CT molecular complexity index is 422. The maximum absolute atomic E-state index is 10.7. The fraction of sp³-hybridized carbons (Fsp3) is 0.364. The van der Waals surface area contributed by atoms with Crippen LogP contribution in [0.1, 0.15) is 6.42 Å². The zero-order valence-corrected chi connectivity index (χ0v) is 10.4. The van der Waals surface area contributed by atoms with E-state index in [1.54, 1.807) is 0 Å². The predicted molar refractivity (Wildman–Crippen MR) is 64.1 cm³/mol. The molecular weight excluding hydrogens is 274 g/mol. The van der Waals surface area contributed by atoms with Gasteiger partial charge in [0.1, 0.15) is 12.4 Å². The van der Waals surface area contributed by atoms with E-state index in [1.165, 1.54) is 0 Å². The van der Waals surface area contributed by atoms with Crippen LogP contribution >= 0.6 is 15.9 Å². The van der Waals surface area contributed by atoms with Crippen molar-refractivity contribution in [2.75, 3.05) is 18.6 Å². The largest absolute Gasteiger partial charge is 0.489 e. The molecule has 0 fully saturated rings. The highest BCUT2D eigenvalue weighted by Gasteiger charge is 2.26. The molecule has 0 aliphatic carbocycles. The number of anilines is 1. The molecule has 16 heavy (non-hydrogen) atoms. The predicted octanol–water partition coefficient (Wildman–Crippen LogP) is 2.12. The lowest BCUT2D eigenvalue weighted by Crippen LogP contribution is -2.41. The van der Waals surface area contributed by atoms with E-state index < -0.39 is 5.97 Å². The van der Waals surface area contributed by atoms with Gasteiger partial charge >= 0.3 is 5.97 Å². The maximum atomic E-state index is 10.7. The molecule has 1 atom stereocenters. The van der Waals surface area contributed by atoms with Crippen LogP contribution in [0.2, 0.25) is 0 Å². The summed E-state index contributed by atoms with van der Waals surface area (Å²) in [5, 5.41) is 8.79. The van der Waals surface area contributed by atoms with Gasteiger partial charge in [-0.1, -0.05) is 15.9 Å². The summed E-state index contributed by atoms with van der Waals surface area (Å²) in [4.78, 5) is 12.7. The first-order chi connectivity index (χ1) is 7.58. The van der Waals surface area contributed by atoms with Gasteiger partial charge in [-0.2, -0.15) is 0 Å². The second-order valence-corrected chi connectivity index (χ2v) is 4.70. The highest BCUT2D eigenvalue weighted by Crippen LogP contribution is 2.35. The number of nitrogens with zero attached hydrogens (tertiary/aromatic N) is 1. The van der Waals surface area contributed by atoms with Crippen LogP contribution in [-0.2, 0) is 4.79 Å². The molecule has 1 unspecified atom stereocenters. The summed E-state index contributed by atoms with van der Waals surface area (Å²) in [6.45, 7) is 0.414. The standard InChI is InChI=1S/C11H12BrNO3/c1-13-8(5-11(14)15)6-16-10-3-2-7(12)4-9(10)13/h2-4,8H,5-6H2,1H3,(H,14,15). The summed E-state index contributed by atoms with van der Waals surface area (Å²) >= 11 is 3.39. The molecule has 86 valence electrons. The smallest absolute Gasteiger partial charge is 0.305 e. The van der Waals surface area contributed by atoms with Crippen molar-refractivity contribution in [3.63, 3.8) is 0 Å². The number of halogens is 1. The SMILES string of the molecule is CN1c2cc(Br)ccc2OCC1CC(=O)O. The zero-order chi connectivity index (χ0) is 11.7. The lowest BCUT2D eigenvalue weighted by molar-refractivity contribution is -0.137. The molecule has 0 spiro atoms. The Morgan fingerprint density at radius 1 is 1.69 bits per heavy atom. The van der Waals surface area contributed by atoms with E-state index in [4.69, 9.17) is 9.84 Å². The number of ether oxygens (including phenoxy) is 1. The van der Waals surface area contributed by atoms with Gasteiger partial charge in [0.25, 0.3) is 0 Å². The van der Waals surface area contributed by atoms with Gasteiger partial charge in [0.05, 0.1) is 18.2 Å². The van der Waals surface area contributed by atoms with Crippen molar-refractivity contribution in [3.05, 3.63) is 22.7 Å². The van der Waals surface area contributed by atoms with Crippen LogP contribution < -0.4 is 9.64 Å². The fourth-order valence-corrected chi connectivity index (χ4v) is 2.13. The van der Waals surface area contributed by atoms with E-state index >= 15 is 0 Å². The minimum Gasteiger partial charge on any atom is -0.489 e. The molecule has 0 amide bonds. The average Bonchev–Trinajstić information content (AvgIpc) is 2.22. The minimum atomic E-state index is -0.807. The lowest BCUT2D eigenvalue weighted by Gasteiger charge is -2.35. The Labute approximate surface area is 102 Å². The van der Waals surface area contributed by atoms with E-state index in [-0.39, 0.29) is 12.5 Å². The third-order valence-electron chi connectivity index (χ3n) is 2.69. The van der Waals surface area contributed by atoms with Crippen LogP contribution in [0.4, 0.5) is 5.69 Å². The molecule has 2 rings (SSSR count). The van der Waals surface area contributed by atoms with Crippen molar-refractivity contribution in [1.82, 2.24) is 0 Å². The normalized spacial score (nSPS) is 18.9. The summed E-state index contributed by atoms with van der Waals surface area (Å²) in [6.07, 6.45) is 0.0858. The van der Waals surface area contributed by atoms with Gasteiger partial charge in [-0.05, 0) is 18.2 Å². The maximum Gasteiger partial charge on any atom is 0.305 e. The number of benzene rings is 1. The first-order valence-electron chi connectivity index (χ1n) is 4.95. The molecule has 5 heteroatoms. The highest BCUT2D eigenvalue weighted by molar-refractivity contribution is 9.10. The van der Waals surface area contributed by atoms with Crippen LogP contribution in [0.25, 0.3) is 0 Å². The third-order valence-corrected chi connectivity index (χ3v) is 3.18. The molecule has 1 aromatic rings. The monoisotopic (exact) mass is 285 g/mol. The van der Waals surface area contributed by atoms with Crippen molar-refractivity contribution < 1.29 is 14.6 Å². The number of hydrogen-bond acceptors (Lipinski definition) is 3. The van der Waals surface area contributed by atoms with Gasteiger partial charge in [0.15, 0.2) is 0 Å². The number of carboxylic acid groups (broad SMARTS) is 1. The molecule has 0 bridgehead atoms. The molecule has 0 aromatic heterocycles. The van der Waals surface area contributed by atoms with Gasteiger partial charge in [-0.3, -0.25) is 4.79 Å². The highest BCUT2D eigenvalue weighted by atomic mass is 79.9. The topological polar surface area (TPSA) is 49.8 Å². The van der Waals surface area contributed by atoms with E-state index in [2.05, 4.69) is 15.9 Å². The Hall–Kier alpha value is -1.23. The van der Waals surface area contributed by atoms with Crippen molar-refractivity contribution in [1.29, 1.82) is 0 Å². The van der Waals surface area contributed by atoms with Crippen LogP contribution in [0.15, 0.2) is 22.7 Å². The molecule has 1 aliphatic heterocycles. The lowest BCUT2D eigenvalue weighted by atomic mass is 10.1. The quantitative estimate of drug-likeness (QED) is 0.904. The number of carbonyl (C=O) groups is 1. The van der Waals surface area contributed by atoms with Crippen LogP contribution in [0, 0.1) is 0 Å². The van der Waals surface area contributed by atoms with Gasteiger partial charge in [-0.15, -0.1) is 0 Å². The van der Waals surface area contributed by atoms with Crippen LogP contribution in [-0.4, -0.2) is 30.8 Å². The van der Waals surface area contributed by atoms with Gasteiger partial charge in [0.2, 0.25) is 0 Å². The summed E-state index contributed by atoms with van der Waals surface area (Å²) in [7, 11) is 1.89. The minimum absolute atomic E-state index is 0.0858. The first kappa shape index (κ1) is 11.3. The molecule has 0 saturated carbocycles. The van der Waals surface area contributed by atoms with Gasteiger partial charge in [-0.25, -0.2) is 0 Å². The second kappa shape index (κ2) is 4.33. The van der Waals surface area contributed by atoms with Crippen molar-refractivity contribution in [3.8, 4) is 5.75 Å². The Morgan fingerprint density at radius 2 is 2.44 bits per heavy atom. The third kappa shape index (κ3) is 2.14. The van der Waals surface area contributed by atoms with Crippen LogP contribution in [0.3, 0.4) is 0 Å². The summed E-state index contributed by atoms with van der Waals surface area (Å²) in [6, 6.07) is 5.61. The Morgan fingerprint density at radius 3 is 3.12 bits per heavy atom. The number of hydrogen-bond donors (Lipinski definition) is 1. The fourth-order valence-electron chi connectivity index (χ4n) is 1.78. The summed E-state index contributed by atoms with van der Waals surface area (Å²) in [5.74, 6) is -0.00812. The number of aliphatic carboxylic acids is 1. The second-order valence-electron chi connectivity index (χ2n) is 3.79. The number of fused-ring (bicyclic) bond motifs is 1. The van der Waals surface area contributed by atoms with Crippen molar-refractivity contribution >= 4 is 27.6 Å². The summed E-state index contributed by atoms with van der Waals surface area (Å²) in [5.41, 5.74) is 0.923. The van der Waals surface area contributed by atoms with Gasteiger partial charge < -0.3 is 14.7 Å². The van der Waals surface area contributed by atoms with Crippen molar-refractivity contribution in [2.24, 2.45) is 0 Å². The molecule has 1 heterocycles.